The summed E-state index contributed by atoms with van der Waals surface area (Å²) in [6.45, 7) is 6.70. The third-order valence-electron chi connectivity index (χ3n) is 1.29. The van der Waals surface area contributed by atoms with Crippen LogP contribution in [-0.2, 0) is 0 Å². The molecule has 54 valence electrons. The van der Waals surface area contributed by atoms with Gasteiger partial charge in [-0.2, -0.15) is 0 Å². The molecule has 0 heterocycles. The maximum Gasteiger partial charge on any atom is 0.238 e. The van der Waals surface area contributed by atoms with Crippen LogP contribution in [0.2, 0.25) is 0 Å². The van der Waals surface area contributed by atoms with Gasteiger partial charge >= 0.3 is 0 Å². The molecule has 0 aliphatic carbocycles. The van der Waals surface area contributed by atoms with Crippen molar-refractivity contribution in [1.29, 1.82) is 0 Å². The molecule has 1 aromatic rings. The smallest absolute Gasteiger partial charge is 0.238 e. The second-order valence-electron chi connectivity index (χ2n) is 1.99. The molecule has 0 spiro atoms. The zero-order valence-corrected chi connectivity index (χ0v) is 5.74. The van der Waals surface area contributed by atoms with Crippen LogP contribution in [0.1, 0.15) is 10.4 Å². The molecule has 3 heteroatoms. The molecule has 0 bridgehead atoms. The molecule has 1 amide bonds. The van der Waals surface area contributed by atoms with E-state index in [1.54, 1.807) is 18.2 Å². The number of nitrogens with two attached hydrogens (primary N) is 1. The van der Waals surface area contributed by atoms with Crippen LogP contribution in [0.5, 0.6) is 0 Å². The van der Waals surface area contributed by atoms with Crippen molar-refractivity contribution >= 4 is 11.6 Å². The molecule has 0 aromatic heterocycles. The van der Waals surface area contributed by atoms with Crippen LogP contribution < -0.4 is 5.73 Å². The third-order valence-corrected chi connectivity index (χ3v) is 1.29. The minimum Gasteiger partial charge on any atom is -0.367 e. The van der Waals surface area contributed by atoms with Crippen molar-refractivity contribution in [2.45, 2.75) is 0 Å². The van der Waals surface area contributed by atoms with E-state index in [-0.39, 0.29) is 5.56 Å². The second-order valence-corrected chi connectivity index (χ2v) is 1.99. The zero-order valence-electron chi connectivity index (χ0n) is 5.74. The lowest BCUT2D eigenvalue weighted by molar-refractivity contribution is 0.100. The second kappa shape index (κ2) is 2.84. The number of nitrogens with zero attached hydrogens (tertiary/aromatic N) is 1. The highest BCUT2D eigenvalue weighted by atomic mass is 16.1. The molecular weight excluding hydrogens is 140 g/mol. The zero-order chi connectivity index (χ0) is 8.27. The minimum absolute atomic E-state index is 0.280. The average Bonchev–Trinajstić information content (AvgIpc) is 2.04. The van der Waals surface area contributed by atoms with Gasteiger partial charge in [-0.3, -0.25) is 4.79 Å². The number of benzene rings is 1. The molecule has 2 N–H and O–H groups in total. The summed E-state index contributed by atoms with van der Waals surface area (Å²) >= 11 is 0. The molecule has 0 saturated heterocycles. The van der Waals surface area contributed by atoms with Crippen molar-refractivity contribution in [1.82, 2.24) is 0 Å². The van der Waals surface area contributed by atoms with Crippen molar-refractivity contribution in [3.63, 3.8) is 0 Å². The quantitative estimate of drug-likeness (QED) is 0.597. The van der Waals surface area contributed by atoms with E-state index < -0.39 is 5.91 Å². The van der Waals surface area contributed by atoms with Crippen LogP contribution in [0, 0.1) is 6.57 Å². The number of para-hydroxylation sites is 1. The van der Waals surface area contributed by atoms with Gasteiger partial charge in [0, 0.05) is 5.56 Å². The van der Waals surface area contributed by atoms with Gasteiger partial charge in [-0.15, -0.1) is 0 Å². The summed E-state index contributed by atoms with van der Waals surface area (Å²) in [7, 11) is 0. The standard InChI is InChI=1S/C8H6N2O/c1-10-7-5-3-2-4-6(7)8(9)11/h2-5H,(H2,9,11). The Morgan fingerprint density at radius 1 is 1.45 bits per heavy atom. The summed E-state index contributed by atoms with van der Waals surface area (Å²) in [6, 6.07) is 6.47. The first-order valence-corrected chi connectivity index (χ1v) is 3.02. The van der Waals surface area contributed by atoms with E-state index >= 15 is 0 Å². The first-order valence-electron chi connectivity index (χ1n) is 3.02. The number of carbonyl (C=O) groups is 1. The van der Waals surface area contributed by atoms with Crippen molar-refractivity contribution in [2.75, 3.05) is 0 Å². The molecule has 3 nitrogen and oxygen atoms in total. The lowest BCUT2D eigenvalue weighted by Gasteiger charge is -1.95. The Kier molecular flexibility index (Phi) is 1.88. The van der Waals surface area contributed by atoms with Crippen LogP contribution in [0.3, 0.4) is 0 Å². The van der Waals surface area contributed by atoms with Gasteiger partial charge in [-0.05, 0) is 0 Å². The summed E-state index contributed by atoms with van der Waals surface area (Å²) in [5.41, 5.74) is 5.59. The Bertz CT molecular complexity index is 325. The van der Waals surface area contributed by atoms with Crippen LogP contribution in [0.4, 0.5) is 5.69 Å². The van der Waals surface area contributed by atoms with Gasteiger partial charge in [0.2, 0.25) is 5.91 Å². The van der Waals surface area contributed by atoms with Gasteiger partial charge in [-0.25, -0.2) is 4.85 Å². The van der Waals surface area contributed by atoms with E-state index in [1.165, 1.54) is 6.07 Å². The molecule has 11 heavy (non-hydrogen) atoms. The van der Waals surface area contributed by atoms with Gasteiger partial charge in [0.05, 0.1) is 6.57 Å². The molecule has 0 fully saturated rings. The Balaban J connectivity index is 3.26. The fraction of sp³-hybridized carbons (Fsp3) is 0. The number of rotatable bonds is 1. The van der Waals surface area contributed by atoms with E-state index in [0.717, 1.165) is 0 Å². The molecule has 1 aromatic carbocycles. The van der Waals surface area contributed by atoms with Gasteiger partial charge < -0.3 is 5.73 Å². The van der Waals surface area contributed by atoms with Crippen LogP contribution in [0.25, 0.3) is 4.85 Å². The molecule has 0 unspecified atom stereocenters. The van der Waals surface area contributed by atoms with Crippen molar-refractivity contribution in [2.24, 2.45) is 5.73 Å². The summed E-state index contributed by atoms with van der Waals surface area (Å²) in [5.74, 6) is -0.559. The highest BCUT2D eigenvalue weighted by Crippen LogP contribution is 2.16. The highest BCUT2D eigenvalue weighted by Gasteiger charge is 2.04. The minimum atomic E-state index is -0.559. The maximum atomic E-state index is 10.7. The topological polar surface area (TPSA) is 47.5 Å². The Morgan fingerprint density at radius 3 is 2.55 bits per heavy atom. The Hall–Kier alpha value is -1.82. The van der Waals surface area contributed by atoms with Crippen LogP contribution in [-0.4, -0.2) is 5.91 Å². The normalized spacial score (nSPS) is 8.64. The Morgan fingerprint density at radius 2 is 2.09 bits per heavy atom. The lowest BCUT2D eigenvalue weighted by atomic mass is 10.2. The molecule has 0 atom stereocenters. The average molecular weight is 146 g/mol. The first kappa shape index (κ1) is 7.29. The maximum absolute atomic E-state index is 10.7. The predicted molar refractivity (Wildman–Crippen MR) is 41.2 cm³/mol. The molecule has 0 radical (unpaired) electrons. The third kappa shape index (κ3) is 1.36. The highest BCUT2D eigenvalue weighted by molar-refractivity contribution is 5.98. The van der Waals surface area contributed by atoms with E-state index in [4.69, 9.17) is 12.3 Å². The summed E-state index contributed by atoms with van der Waals surface area (Å²) < 4.78 is 0. The van der Waals surface area contributed by atoms with E-state index in [0.29, 0.717) is 5.69 Å². The number of primary amides is 1. The molecule has 0 aliphatic heterocycles. The van der Waals surface area contributed by atoms with Crippen LogP contribution in [0.15, 0.2) is 24.3 Å². The van der Waals surface area contributed by atoms with Crippen LogP contribution >= 0.6 is 0 Å². The number of hydrogen-bond donors (Lipinski definition) is 1. The monoisotopic (exact) mass is 146 g/mol. The van der Waals surface area contributed by atoms with Gasteiger partial charge in [0.1, 0.15) is 0 Å². The number of carbonyl (C=O) groups excluding carboxylic acids is 1. The van der Waals surface area contributed by atoms with E-state index in [1.807, 2.05) is 0 Å². The largest absolute Gasteiger partial charge is 0.367 e. The summed E-state index contributed by atoms with van der Waals surface area (Å²) in [6.07, 6.45) is 0. The predicted octanol–water partition coefficient (Wildman–Crippen LogP) is 1.34. The number of amides is 1. The molecule has 0 aliphatic rings. The SMILES string of the molecule is [C-]#[N+]c1ccccc1C(N)=O. The molecular formula is C8H6N2O. The van der Waals surface area contributed by atoms with Crippen molar-refractivity contribution in [3.8, 4) is 0 Å². The van der Waals surface area contributed by atoms with E-state index in [2.05, 4.69) is 4.85 Å². The number of hydrogen-bond acceptors (Lipinski definition) is 1. The van der Waals surface area contributed by atoms with Crippen molar-refractivity contribution < 1.29 is 4.79 Å². The summed E-state index contributed by atoms with van der Waals surface area (Å²) in [4.78, 5) is 13.8. The molecule has 1 rings (SSSR count). The lowest BCUT2D eigenvalue weighted by Crippen LogP contribution is -2.10. The van der Waals surface area contributed by atoms with Gasteiger partial charge in [0.15, 0.2) is 5.69 Å². The van der Waals surface area contributed by atoms with Gasteiger partial charge in [0.25, 0.3) is 0 Å². The first-order chi connectivity index (χ1) is 5.25. The Labute approximate surface area is 64.3 Å². The molecule has 0 saturated carbocycles. The van der Waals surface area contributed by atoms with Crippen molar-refractivity contribution in [3.05, 3.63) is 41.2 Å². The summed E-state index contributed by atoms with van der Waals surface area (Å²) in [5, 5.41) is 0. The van der Waals surface area contributed by atoms with E-state index in [9.17, 15) is 4.79 Å². The van der Waals surface area contributed by atoms with Gasteiger partial charge in [-0.1, -0.05) is 24.3 Å². The fourth-order valence-electron chi connectivity index (χ4n) is 0.779. The fourth-order valence-corrected chi connectivity index (χ4v) is 0.779.